The molecule has 2 rings (SSSR count). The lowest BCUT2D eigenvalue weighted by Gasteiger charge is -2.15. The van der Waals surface area contributed by atoms with Crippen LogP contribution in [0.15, 0.2) is 36.5 Å². The van der Waals surface area contributed by atoms with Gasteiger partial charge in [-0.15, -0.1) is 0 Å². The molecule has 2 N–H and O–H groups in total. The third kappa shape index (κ3) is 3.81. The first kappa shape index (κ1) is 14.5. The first-order valence-electron chi connectivity index (χ1n) is 7.04. The predicted octanol–water partition coefficient (Wildman–Crippen LogP) is 3.77. The minimum Gasteiger partial charge on any atom is -0.455 e. The van der Waals surface area contributed by atoms with Crippen LogP contribution in [0.2, 0.25) is 0 Å². The van der Waals surface area contributed by atoms with Crippen LogP contribution >= 0.6 is 0 Å². The highest BCUT2D eigenvalue weighted by Crippen LogP contribution is 2.27. The second-order valence-electron chi connectivity index (χ2n) is 5.22. The second kappa shape index (κ2) is 6.53. The number of ether oxygens (including phenoxy) is 1. The van der Waals surface area contributed by atoms with E-state index >= 15 is 0 Å². The van der Waals surface area contributed by atoms with Gasteiger partial charge in [-0.2, -0.15) is 0 Å². The third-order valence-corrected chi connectivity index (χ3v) is 3.33. The van der Waals surface area contributed by atoms with Gasteiger partial charge in [-0.3, -0.25) is 4.98 Å². The summed E-state index contributed by atoms with van der Waals surface area (Å²) < 4.78 is 5.95. The molecular weight excluding hydrogens is 248 g/mol. The van der Waals surface area contributed by atoms with E-state index in [-0.39, 0.29) is 6.04 Å². The summed E-state index contributed by atoms with van der Waals surface area (Å²) in [5.41, 5.74) is 9.42. The molecule has 2 aromatic rings. The number of nitrogens with zero attached hydrogens (tertiary/aromatic N) is 1. The highest BCUT2D eigenvalue weighted by Gasteiger charge is 2.09. The minimum atomic E-state index is 0.162. The molecule has 1 aromatic carbocycles. The lowest BCUT2D eigenvalue weighted by atomic mass is 10.0. The molecule has 0 bridgehead atoms. The molecule has 0 saturated carbocycles. The van der Waals surface area contributed by atoms with Gasteiger partial charge in [-0.05, 0) is 50.5 Å². The molecule has 20 heavy (non-hydrogen) atoms. The van der Waals surface area contributed by atoms with Crippen LogP contribution in [-0.4, -0.2) is 11.0 Å². The number of hydrogen-bond donors (Lipinski definition) is 1. The van der Waals surface area contributed by atoms with Crippen LogP contribution in [0.25, 0.3) is 0 Å². The molecule has 1 atom stereocenters. The van der Waals surface area contributed by atoms with E-state index in [1.165, 1.54) is 5.56 Å². The van der Waals surface area contributed by atoms with Gasteiger partial charge in [0.25, 0.3) is 0 Å². The summed E-state index contributed by atoms with van der Waals surface area (Å²) >= 11 is 0. The van der Waals surface area contributed by atoms with Gasteiger partial charge in [-0.25, -0.2) is 0 Å². The Morgan fingerprint density at radius 3 is 2.65 bits per heavy atom. The van der Waals surface area contributed by atoms with Crippen molar-refractivity contribution in [1.29, 1.82) is 0 Å². The summed E-state index contributed by atoms with van der Waals surface area (Å²) in [5.74, 6) is 1.62. The van der Waals surface area contributed by atoms with E-state index < -0.39 is 0 Å². The van der Waals surface area contributed by atoms with E-state index in [0.29, 0.717) is 0 Å². The van der Waals surface area contributed by atoms with E-state index in [1.54, 1.807) is 6.20 Å². The number of benzene rings is 1. The van der Waals surface area contributed by atoms with E-state index in [4.69, 9.17) is 10.5 Å². The average Bonchev–Trinajstić information content (AvgIpc) is 2.44. The molecular formula is C17H22N2O. The topological polar surface area (TPSA) is 48.1 Å². The number of aryl methyl sites for hydroxylation is 2. The summed E-state index contributed by atoms with van der Waals surface area (Å²) in [7, 11) is 0. The SMILES string of the molecule is CCC(N)Cc1cc(C)ccc1Oc1ccc(C)nc1. The molecule has 0 aliphatic heterocycles. The Kier molecular flexibility index (Phi) is 4.74. The first-order chi connectivity index (χ1) is 9.58. The van der Waals surface area contributed by atoms with E-state index in [2.05, 4.69) is 31.0 Å². The zero-order valence-electron chi connectivity index (χ0n) is 12.4. The maximum absolute atomic E-state index is 6.07. The first-order valence-corrected chi connectivity index (χ1v) is 7.04. The molecule has 0 amide bonds. The predicted molar refractivity (Wildman–Crippen MR) is 82.2 cm³/mol. The minimum absolute atomic E-state index is 0.162. The smallest absolute Gasteiger partial charge is 0.145 e. The summed E-state index contributed by atoms with van der Waals surface area (Å²) in [6, 6.07) is 10.2. The van der Waals surface area contributed by atoms with Crippen LogP contribution in [0.1, 0.15) is 30.2 Å². The van der Waals surface area contributed by atoms with Crippen molar-refractivity contribution in [3.63, 3.8) is 0 Å². The zero-order valence-corrected chi connectivity index (χ0v) is 12.4. The Morgan fingerprint density at radius 1 is 1.20 bits per heavy atom. The fourth-order valence-corrected chi connectivity index (χ4v) is 2.04. The van der Waals surface area contributed by atoms with Gasteiger partial charge in [0.1, 0.15) is 11.5 Å². The van der Waals surface area contributed by atoms with Crippen molar-refractivity contribution >= 4 is 0 Å². The number of hydrogen-bond acceptors (Lipinski definition) is 3. The van der Waals surface area contributed by atoms with E-state index in [0.717, 1.165) is 35.6 Å². The fraction of sp³-hybridized carbons (Fsp3) is 0.353. The number of aromatic nitrogens is 1. The van der Waals surface area contributed by atoms with Crippen molar-refractivity contribution in [3.8, 4) is 11.5 Å². The van der Waals surface area contributed by atoms with Crippen molar-refractivity contribution in [1.82, 2.24) is 4.98 Å². The summed E-state index contributed by atoms with van der Waals surface area (Å²) in [6.45, 7) is 6.14. The van der Waals surface area contributed by atoms with Gasteiger partial charge in [-0.1, -0.05) is 24.6 Å². The summed E-state index contributed by atoms with van der Waals surface area (Å²) in [5, 5.41) is 0. The molecule has 1 unspecified atom stereocenters. The Labute approximate surface area is 120 Å². The van der Waals surface area contributed by atoms with Gasteiger partial charge in [0.2, 0.25) is 0 Å². The van der Waals surface area contributed by atoms with Gasteiger partial charge in [0.05, 0.1) is 6.20 Å². The molecule has 3 heteroatoms. The quantitative estimate of drug-likeness (QED) is 0.899. The molecule has 0 fully saturated rings. The van der Waals surface area contributed by atoms with Gasteiger partial charge in [0, 0.05) is 11.7 Å². The van der Waals surface area contributed by atoms with Crippen LogP contribution in [-0.2, 0) is 6.42 Å². The van der Waals surface area contributed by atoms with Crippen molar-refractivity contribution in [3.05, 3.63) is 53.3 Å². The molecule has 3 nitrogen and oxygen atoms in total. The average molecular weight is 270 g/mol. The second-order valence-corrected chi connectivity index (χ2v) is 5.22. The molecule has 0 radical (unpaired) electrons. The van der Waals surface area contributed by atoms with Crippen molar-refractivity contribution in [2.75, 3.05) is 0 Å². The van der Waals surface area contributed by atoms with Crippen molar-refractivity contribution < 1.29 is 4.74 Å². The lowest BCUT2D eigenvalue weighted by molar-refractivity contribution is 0.469. The highest BCUT2D eigenvalue weighted by molar-refractivity contribution is 5.40. The molecule has 0 aliphatic carbocycles. The fourth-order valence-electron chi connectivity index (χ4n) is 2.04. The molecule has 0 aliphatic rings. The lowest BCUT2D eigenvalue weighted by Crippen LogP contribution is -2.21. The van der Waals surface area contributed by atoms with Crippen LogP contribution in [0.4, 0.5) is 0 Å². The zero-order chi connectivity index (χ0) is 14.5. The number of nitrogens with two attached hydrogens (primary N) is 1. The van der Waals surface area contributed by atoms with Gasteiger partial charge < -0.3 is 10.5 Å². The Hall–Kier alpha value is -1.87. The Bertz CT molecular complexity index is 564. The summed E-state index contributed by atoms with van der Waals surface area (Å²) in [6.07, 6.45) is 3.53. The maximum atomic E-state index is 6.07. The summed E-state index contributed by atoms with van der Waals surface area (Å²) in [4.78, 5) is 4.25. The number of rotatable bonds is 5. The van der Waals surface area contributed by atoms with Crippen LogP contribution < -0.4 is 10.5 Å². The molecule has 106 valence electrons. The van der Waals surface area contributed by atoms with E-state index in [9.17, 15) is 0 Å². The standard InChI is InChI=1S/C17H22N2O/c1-4-15(18)10-14-9-12(2)5-8-17(14)20-16-7-6-13(3)19-11-16/h5-9,11,15H,4,10,18H2,1-3H3. The maximum Gasteiger partial charge on any atom is 0.145 e. The van der Waals surface area contributed by atoms with Gasteiger partial charge >= 0.3 is 0 Å². The van der Waals surface area contributed by atoms with Crippen molar-refractivity contribution in [2.24, 2.45) is 5.73 Å². The molecule has 0 saturated heterocycles. The molecule has 1 aromatic heterocycles. The molecule has 1 heterocycles. The largest absolute Gasteiger partial charge is 0.455 e. The normalized spacial score (nSPS) is 12.2. The van der Waals surface area contributed by atoms with Crippen LogP contribution in [0.5, 0.6) is 11.5 Å². The number of pyridine rings is 1. The van der Waals surface area contributed by atoms with Crippen molar-refractivity contribution in [2.45, 2.75) is 39.7 Å². The Morgan fingerprint density at radius 2 is 2.00 bits per heavy atom. The van der Waals surface area contributed by atoms with Crippen LogP contribution in [0.3, 0.4) is 0 Å². The highest BCUT2D eigenvalue weighted by atomic mass is 16.5. The third-order valence-electron chi connectivity index (χ3n) is 3.33. The Balaban J connectivity index is 2.23. The van der Waals surface area contributed by atoms with E-state index in [1.807, 2.05) is 25.1 Å². The van der Waals surface area contributed by atoms with Crippen LogP contribution in [0, 0.1) is 13.8 Å². The van der Waals surface area contributed by atoms with Gasteiger partial charge in [0.15, 0.2) is 0 Å². The monoisotopic (exact) mass is 270 g/mol. The molecule has 0 spiro atoms.